The average molecular weight is 404 g/mol. The number of nitrogens with zero attached hydrogens (tertiary/aromatic N) is 7. The summed E-state index contributed by atoms with van der Waals surface area (Å²) < 4.78 is 3.25. The summed E-state index contributed by atoms with van der Waals surface area (Å²) in [5.41, 5.74) is 2.17. The molecule has 0 bridgehead atoms. The van der Waals surface area contributed by atoms with Crippen molar-refractivity contribution in [1.29, 1.82) is 0 Å². The highest BCUT2D eigenvalue weighted by Gasteiger charge is 2.23. The first-order valence-corrected chi connectivity index (χ1v) is 9.77. The summed E-state index contributed by atoms with van der Waals surface area (Å²) in [6.45, 7) is 7.22. The van der Waals surface area contributed by atoms with E-state index in [4.69, 9.17) is 11.6 Å². The largest absolute Gasteiger partial charge is 0.338 e. The van der Waals surface area contributed by atoms with Crippen LogP contribution in [0.2, 0.25) is 5.02 Å². The molecule has 27 heavy (non-hydrogen) atoms. The highest BCUT2D eigenvalue weighted by molar-refractivity contribution is 7.20. The molecule has 0 aromatic carbocycles. The van der Waals surface area contributed by atoms with Gasteiger partial charge in [-0.2, -0.15) is 5.10 Å². The Bertz CT molecular complexity index is 1150. The molecule has 0 radical (unpaired) electrons. The quantitative estimate of drug-likeness (QED) is 0.522. The third-order valence-electron chi connectivity index (χ3n) is 4.62. The second kappa shape index (κ2) is 6.58. The maximum Gasteiger partial charge on any atom is 0.264 e. The number of rotatable bonds is 4. The molecule has 0 saturated heterocycles. The van der Waals surface area contributed by atoms with E-state index in [1.807, 2.05) is 20.8 Å². The van der Waals surface area contributed by atoms with E-state index in [-0.39, 0.29) is 5.91 Å². The first kappa shape index (κ1) is 17.9. The SMILES string of the molecule is CCN(CC)C(=O)c1sc2ncn3nc(-c4c(Cl)cnn4C)nc3c2c1C. The molecule has 0 aliphatic rings. The Hall–Kier alpha value is -2.52. The fourth-order valence-electron chi connectivity index (χ4n) is 3.15. The van der Waals surface area contributed by atoms with Crippen molar-refractivity contribution in [2.24, 2.45) is 7.05 Å². The van der Waals surface area contributed by atoms with Crippen molar-refractivity contribution in [2.45, 2.75) is 20.8 Å². The second-order valence-corrected chi connectivity index (χ2v) is 7.53. The van der Waals surface area contributed by atoms with Gasteiger partial charge in [0, 0.05) is 20.1 Å². The van der Waals surface area contributed by atoms with Gasteiger partial charge in [0.05, 0.1) is 21.5 Å². The van der Waals surface area contributed by atoms with E-state index in [1.165, 1.54) is 11.3 Å². The van der Waals surface area contributed by atoms with Crippen LogP contribution in [0.15, 0.2) is 12.5 Å². The molecule has 10 heteroatoms. The topological polar surface area (TPSA) is 81.2 Å². The summed E-state index contributed by atoms with van der Waals surface area (Å²) in [7, 11) is 1.79. The van der Waals surface area contributed by atoms with Crippen molar-refractivity contribution in [3.8, 4) is 11.5 Å². The number of hydrogen-bond acceptors (Lipinski definition) is 6. The molecule has 140 valence electrons. The van der Waals surface area contributed by atoms with Crippen LogP contribution in [0.1, 0.15) is 29.1 Å². The van der Waals surface area contributed by atoms with Gasteiger partial charge in [-0.05, 0) is 26.3 Å². The molecule has 0 N–H and O–H groups in total. The van der Waals surface area contributed by atoms with Gasteiger partial charge in [-0.3, -0.25) is 9.48 Å². The van der Waals surface area contributed by atoms with Gasteiger partial charge in [0.25, 0.3) is 5.91 Å². The maximum atomic E-state index is 12.9. The summed E-state index contributed by atoms with van der Waals surface area (Å²) >= 11 is 7.62. The van der Waals surface area contributed by atoms with Crippen LogP contribution in [-0.4, -0.2) is 53.3 Å². The lowest BCUT2D eigenvalue weighted by Gasteiger charge is -2.17. The van der Waals surface area contributed by atoms with Crippen LogP contribution < -0.4 is 0 Å². The van der Waals surface area contributed by atoms with Crippen LogP contribution in [0.5, 0.6) is 0 Å². The number of fused-ring (bicyclic) bond motifs is 3. The minimum Gasteiger partial charge on any atom is -0.338 e. The van der Waals surface area contributed by atoms with E-state index in [0.717, 1.165) is 15.8 Å². The number of amides is 1. The third kappa shape index (κ3) is 2.69. The number of carbonyl (C=O) groups excluding carboxylic acids is 1. The second-order valence-electron chi connectivity index (χ2n) is 6.13. The Morgan fingerprint density at radius 3 is 2.70 bits per heavy atom. The van der Waals surface area contributed by atoms with Crippen LogP contribution in [0.25, 0.3) is 27.4 Å². The fraction of sp³-hybridized carbons (Fsp3) is 0.353. The van der Waals surface area contributed by atoms with Gasteiger partial charge in [-0.25, -0.2) is 14.5 Å². The molecule has 0 spiro atoms. The molecule has 0 fully saturated rings. The standard InChI is InChI=1S/C17H18ClN7OS/c1-5-24(6-2)17(26)13-9(3)11-15-21-14(12-10(18)7-20-23(12)4)22-25(15)8-19-16(11)27-13/h7-8H,5-6H2,1-4H3. The lowest BCUT2D eigenvalue weighted by atomic mass is 10.2. The van der Waals surface area contributed by atoms with Crippen LogP contribution >= 0.6 is 22.9 Å². The lowest BCUT2D eigenvalue weighted by molar-refractivity contribution is 0.0777. The summed E-state index contributed by atoms with van der Waals surface area (Å²) in [6, 6.07) is 0. The Labute approximate surface area is 164 Å². The molecule has 4 rings (SSSR count). The zero-order chi connectivity index (χ0) is 19.3. The molecule has 4 heterocycles. The maximum absolute atomic E-state index is 12.9. The van der Waals surface area contributed by atoms with Gasteiger partial charge >= 0.3 is 0 Å². The van der Waals surface area contributed by atoms with Gasteiger partial charge in [0.1, 0.15) is 16.9 Å². The van der Waals surface area contributed by atoms with Crippen molar-refractivity contribution < 1.29 is 4.79 Å². The zero-order valence-electron chi connectivity index (χ0n) is 15.4. The minimum absolute atomic E-state index is 0.0214. The summed E-state index contributed by atoms with van der Waals surface area (Å²) in [5.74, 6) is 0.490. The molecule has 4 aromatic heterocycles. The Morgan fingerprint density at radius 2 is 2.07 bits per heavy atom. The van der Waals surface area contributed by atoms with Crippen molar-refractivity contribution in [1.82, 2.24) is 34.3 Å². The van der Waals surface area contributed by atoms with Gasteiger partial charge in [0.2, 0.25) is 5.82 Å². The molecule has 0 unspecified atom stereocenters. The molecule has 4 aromatic rings. The molecule has 0 aliphatic carbocycles. The van der Waals surface area contributed by atoms with Crippen molar-refractivity contribution in [3.05, 3.63) is 28.0 Å². The number of aromatic nitrogens is 6. The highest BCUT2D eigenvalue weighted by Crippen LogP contribution is 2.33. The lowest BCUT2D eigenvalue weighted by Crippen LogP contribution is -2.30. The molecule has 0 aliphatic heterocycles. The minimum atomic E-state index is 0.0214. The molecule has 0 atom stereocenters. The van der Waals surface area contributed by atoms with E-state index in [9.17, 15) is 4.79 Å². The van der Waals surface area contributed by atoms with Crippen molar-refractivity contribution in [2.75, 3.05) is 13.1 Å². The van der Waals surface area contributed by atoms with Gasteiger partial charge in [0.15, 0.2) is 5.65 Å². The Balaban J connectivity index is 1.93. The van der Waals surface area contributed by atoms with E-state index in [1.54, 1.807) is 33.7 Å². The van der Waals surface area contributed by atoms with Crippen molar-refractivity contribution in [3.63, 3.8) is 0 Å². The van der Waals surface area contributed by atoms with E-state index < -0.39 is 0 Å². The summed E-state index contributed by atoms with van der Waals surface area (Å²) in [6.07, 6.45) is 3.17. The van der Waals surface area contributed by atoms with E-state index >= 15 is 0 Å². The smallest absolute Gasteiger partial charge is 0.264 e. The van der Waals surface area contributed by atoms with E-state index in [0.29, 0.717) is 40.2 Å². The van der Waals surface area contributed by atoms with Crippen LogP contribution in [0.3, 0.4) is 0 Å². The Kier molecular flexibility index (Phi) is 4.35. The normalized spacial score (nSPS) is 11.6. The predicted molar refractivity (Wildman–Crippen MR) is 105 cm³/mol. The predicted octanol–water partition coefficient (Wildman–Crippen LogP) is 3.18. The van der Waals surface area contributed by atoms with Gasteiger partial charge < -0.3 is 4.90 Å². The van der Waals surface area contributed by atoms with Gasteiger partial charge in [-0.1, -0.05) is 11.6 Å². The van der Waals surface area contributed by atoms with Crippen LogP contribution in [0, 0.1) is 6.92 Å². The number of thiophene rings is 1. The third-order valence-corrected chi connectivity index (χ3v) is 6.08. The number of carbonyl (C=O) groups is 1. The fourth-order valence-corrected chi connectivity index (χ4v) is 4.52. The molecular weight excluding hydrogens is 386 g/mol. The first-order chi connectivity index (χ1) is 13.0. The highest BCUT2D eigenvalue weighted by atomic mass is 35.5. The van der Waals surface area contributed by atoms with Crippen LogP contribution in [-0.2, 0) is 7.05 Å². The average Bonchev–Trinajstić information content (AvgIpc) is 3.31. The molecule has 0 saturated carbocycles. The summed E-state index contributed by atoms with van der Waals surface area (Å²) in [5, 5.41) is 9.96. The van der Waals surface area contributed by atoms with Gasteiger partial charge in [-0.15, -0.1) is 16.4 Å². The number of hydrogen-bond donors (Lipinski definition) is 0. The molecular formula is C17H18ClN7OS. The van der Waals surface area contributed by atoms with Crippen molar-refractivity contribution >= 4 is 44.7 Å². The zero-order valence-corrected chi connectivity index (χ0v) is 17.0. The van der Waals surface area contributed by atoms with E-state index in [2.05, 4.69) is 20.2 Å². The number of aryl methyl sites for hydroxylation is 2. The Morgan fingerprint density at radius 1 is 1.33 bits per heavy atom. The monoisotopic (exact) mass is 403 g/mol. The first-order valence-electron chi connectivity index (χ1n) is 8.57. The molecule has 8 nitrogen and oxygen atoms in total. The van der Waals surface area contributed by atoms with Crippen LogP contribution in [0.4, 0.5) is 0 Å². The summed E-state index contributed by atoms with van der Waals surface area (Å²) in [4.78, 5) is 25.3. The molecule has 1 amide bonds. The number of halogens is 1.